The number of amides is 2. The average Bonchev–Trinajstić information content (AvgIpc) is 2.84. The van der Waals surface area contributed by atoms with Crippen LogP contribution in [0, 0.1) is 18.7 Å². The predicted octanol–water partition coefficient (Wildman–Crippen LogP) is 2.69. The second kappa shape index (κ2) is 6.39. The number of nitrogens with zero attached hydrogens (tertiary/aromatic N) is 2. The van der Waals surface area contributed by atoms with Crippen LogP contribution in [0.3, 0.4) is 0 Å². The number of likely N-dealkylation sites (tertiary alicyclic amines) is 1. The van der Waals surface area contributed by atoms with Gasteiger partial charge in [-0.1, -0.05) is 18.2 Å². The highest BCUT2D eigenvalue weighted by Gasteiger charge is 2.42. The number of pyridine rings is 1. The minimum atomic E-state index is -0.546. The van der Waals surface area contributed by atoms with E-state index in [2.05, 4.69) is 10.3 Å². The molecule has 2 amide bonds. The molecular formula is C18H18FN3O2. The zero-order valence-corrected chi connectivity index (χ0v) is 13.5. The molecule has 5 nitrogen and oxygen atoms in total. The molecule has 24 heavy (non-hydrogen) atoms. The minimum Gasteiger partial charge on any atom is -0.338 e. The Morgan fingerprint density at radius 2 is 1.96 bits per heavy atom. The molecule has 124 valence electrons. The van der Waals surface area contributed by atoms with E-state index in [4.69, 9.17) is 0 Å². The number of carbonyl (C=O) groups is 2. The first kappa shape index (κ1) is 16.1. The second-order valence-corrected chi connectivity index (χ2v) is 5.97. The molecule has 1 aliphatic heterocycles. The molecule has 2 aromatic rings. The maximum Gasteiger partial charge on any atom is 0.231 e. The van der Waals surface area contributed by atoms with Crippen molar-refractivity contribution in [2.24, 2.45) is 5.92 Å². The van der Waals surface area contributed by atoms with Crippen LogP contribution >= 0.6 is 0 Å². The third kappa shape index (κ3) is 3.13. The molecule has 3 rings (SSSR count). The van der Waals surface area contributed by atoms with Crippen molar-refractivity contribution in [3.63, 3.8) is 0 Å². The van der Waals surface area contributed by atoms with E-state index >= 15 is 0 Å². The monoisotopic (exact) mass is 327 g/mol. The molecule has 0 spiro atoms. The van der Waals surface area contributed by atoms with Gasteiger partial charge in [-0.15, -0.1) is 0 Å². The molecular weight excluding hydrogens is 309 g/mol. The van der Waals surface area contributed by atoms with Crippen LogP contribution in [0.15, 0.2) is 42.5 Å². The smallest absolute Gasteiger partial charge is 0.231 e. The molecule has 0 bridgehead atoms. The summed E-state index contributed by atoms with van der Waals surface area (Å²) in [6.07, 6.45) is 0.121. The van der Waals surface area contributed by atoms with E-state index in [9.17, 15) is 14.0 Å². The lowest BCUT2D eigenvalue weighted by atomic mass is 9.93. The van der Waals surface area contributed by atoms with Crippen LogP contribution in [-0.4, -0.2) is 28.7 Å². The number of hydrogen-bond donors (Lipinski definition) is 1. The van der Waals surface area contributed by atoms with E-state index in [1.165, 1.54) is 12.1 Å². The zero-order valence-electron chi connectivity index (χ0n) is 13.5. The quantitative estimate of drug-likeness (QED) is 0.943. The SMILES string of the molecule is Cc1cccc(NC(=O)C2CC(=O)N(C)C2c2ccc(F)cc2)n1. The Labute approximate surface area is 139 Å². The lowest BCUT2D eigenvalue weighted by Crippen LogP contribution is -2.30. The number of halogens is 1. The predicted molar refractivity (Wildman–Crippen MR) is 87.6 cm³/mol. The van der Waals surface area contributed by atoms with Gasteiger partial charge in [0.1, 0.15) is 11.6 Å². The fourth-order valence-corrected chi connectivity index (χ4v) is 3.05. The molecule has 1 fully saturated rings. The fraction of sp³-hybridized carbons (Fsp3) is 0.278. The van der Waals surface area contributed by atoms with Crippen molar-refractivity contribution in [3.8, 4) is 0 Å². The van der Waals surface area contributed by atoms with Gasteiger partial charge in [0.15, 0.2) is 0 Å². The summed E-state index contributed by atoms with van der Waals surface area (Å²) in [6.45, 7) is 1.84. The Hall–Kier alpha value is -2.76. The fourth-order valence-electron chi connectivity index (χ4n) is 3.05. The van der Waals surface area contributed by atoms with Crippen molar-refractivity contribution in [1.82, 2.24) is 9.88 Å². The van der Waals surface area contributed by atoms with E-state index in [1.807, 2.05) is 13.0 Å². The van der Waals surface area contributed by atoms with Gasteiger partial charge in [-0.3, -0.25) is 9.59 Å². The summed E-state index contributed by atoms with van der Waals surface area (Å²) >= 11 is 0. The Balaban J connectivity index is 1.85. The zero-order chi connectivity index (χ0) is 17.3. The summed E-state index contributed by atoms with van der Waals surface area (Å²) in [5.41, 5.74) is 1.53. The number of rotatable bonds is 3. The van der Waals surface area contributed by atoms with Crippen LogP contribution in [0.1, 0.15) is 23.7 Å². The number of hydrogen-bond acceptors (Lipinski definition) is 3. The maximum absolute atomic E-state index is 13.2. The lowest BCUT2D eigenvalue weighted by molar-refractivity contribution is -0.127. The van der Waals surface area contributed by atoms with E-state index in [0.717, 1.165) is 11.3 Å². The Bertz CT molecular complexity index is 776. The molecule has 6 heteroatoms. The molecule has 1 aromatic carbocycles. The number of benzene rings is 1. The number of carbonyl (C=O) groups excluding carboxylic acids is 2. The van der Waals surface area contributed by atoms with Crippen LogP contribution in [0.25, 0.3) is 0 Å². The molecule has 1 aromatic heterocycles. The van der Waals surface area contributed by atoms with Crippen LogP contribution in [-0.2, 0) is 9.59 Å². The number of aromatic nitrogens is 1. The molecule has 0 saturated carbocycles. The number of nitrogens with one attached hydrogen (secondary N) is 1. The van der Waals surface area contributed by atoms with Crippen LogP contribution in [0.4, 0.5) is 10.2 Å². The summed E-state index contributed by atoms with van der Waals surface area (Å²) in [4.78, 5) is 30.6. The normalized spacial score (nSPS) is 20.3. The summed E-state index contributed by atoms with van der Waals surface area (Å²) in [6, 6.07) is 10.8. The van der Waals surface area contributed by atoms with Gasteiger partial charge in [0.2, 0.25) is 11.8 Å². The van der Waals surface area contributed by atoms with Gasteiger partial charge in [-0.2, -0.15) is 0 Å². The van der Waals surface area contributed by atoms with Crippen molar-refractivity contribution >= 4 is 17.6 Å². The van der Waals surface area contributed by atoms with Gasteiger partial charge in [0.25, 0.3) is 0 Å². The number of aryl methyl sites for hydroxylation is 1. The summed E-state index contributed by atoms with van der Waals surface area (Å²) in [7, 11) is 1.66. The third-order valence-electron chi connectivity index (χ3n) is 4.27. The first-order valence-corrected chi connectivity index (χ1v) is 7.71. The largest absolute Gasteiger partial charge is 0.338 e. The van der Waals surface area contributed by atoms with Crippen molar-refractivity contribution in [3.05, 3.63) is 59.5 Å². The van der Waals surface area contributed by atoms with Gasteiger partial charge in [0.05, 0.1) is 12.0 Å². The van der Waals surface area contributed by atoms with Gasteiger partial charge in [0, 0.05) is 19.2 Å². The van der Waals surface area contributed by atoms with E-state index in [0.29, 0.717) is 5.82 Å². The highest BCUT2D eigenvalue weighted by Crippen LogP contribution is 2.37. The molecule has 2 heterocycles. The molecule has 1 saturated heterocycles. The maximum atomic E-state index is 13.2. The van der Waals surface area contributed by atoms with Crippen LogP contribution in [0.5, 0.6) is 0 Å². The molecule has 2 atom stereocenters. The van der Waals surface area contributed by atoms with E-state index in [1.54, 1.807) is 36.2 Å². The van der Waals surface area contributed by atoms with Crippen molar-refractivity contribution in [1.29, 1.82) is 0 Å². The summed E-state index contributed by atoms with van der Waals surface area (Å²) in [5.74, 6) is -0.812. The Kier molecular flexibility index (Phi) is 4.29. The Morgan fingerprint density at radius 3 is 2.62 bits per heavy atom. The van der Waals surface area contributed by atoms with Crippen LogP contribution in [0.2, 0.25) is 0 Å². The molecule has 1 N–H and O–H groups in total. The molecule has 1 aliphatic rings. The van der Waals surface area contributed by atoms with E-state index in [-0.39, 0.29) is 24.1 Å². The topological polar surface area (TPSA) is 62.3 Å². The standard InChI is InChI=1S/C18H18FN3O2/c1-11-4-3-5-15(20-11)21-18(24)14-10-16(23)22(2)17(14)12-6-8-13(19)9-7-12/h3-9,14,17H,10H2,1-2H3,(H,20,21,24). The average molecular weight is 327 g/mol. The molecule has 0 aliphatic carbocycles. The highest BCUT2D eigenvalue weighted by atomic mass is 19.1. The van der Waals surface area contributed by atoms with Gasteiger partial charge in [-0.25, -0.2) is 9.37 Å². The van der Waals surface area contributed by atoms with Gasteiger partial charge >= 0.3 is 0 Å². The highest BCUT2D eigenvalue weighted by molar-refractivity contribution is 5.97. The van der Waals surface area contributed by atoms with Crippen molar-refractivity contribution < 1.29 is 14.0 Å². The second-order valence-electron chi connectivity index (χ2n) is 5.97. The minimum absolute atomic E-state index is 0.110. The van der Waals surface area contributed by atoms with Crippen molar-refractivity contribution in [2.45, 2.75) is 19.4 Å². The summed E-state index contributed by atoms with van der Waals surface area (Å²) in [5, 5.41) is 2.77. The number of anilines is 1. The first-order valence-electron chi connectivity index (χ1n) is 7.71. The van der Waals surface area contributed by atoms with E-state index < -0.39 is 12.0 Å². The van der Waals surface area contributed by atoms with Crippen LogP contribution < -0.4 is 5.32 Å². The lowest BCUT2D eigenvalue weighted by Gasteiger charge is -2.24. The Morgan fingerprint density at radius 1 is 1.25 bits per heavy atom. The third-order valence-corrected chi connectivity index (χ3v) is 4.27. The van der Waals surface area contributed by atoms with Gasteiger partial charge < -0.3 is 10.2 Å². The summed E-state index contributed by atoms with van der Waals surface area (Å²) < 4.78 is 13.2. The van der Waals surface area contributed by atoms with Gasteiger partial charge in [-0.05, 0) is 36.8 Å². The first-order chi connectivity index (χ1) is 11.5. The van der Waals surface area contributed by atoms with Crippen molar-refractivity contribution in [2.75, 3.05) is 12.4 Å². The molecule has 2 unspecified atom stereocenters. The molecule has 0 radical (unpaired) electrons.